The van der Waals surface area contributed by atoms with Gasteiger partial charge in [-0.1, -0.05) is 0 Å². The number of nitrogens with zero attached hydrogens (tertiary/aromatic N) is 4. The molecule has 4 rings (SSSR count). The zero-order valence-electron chi connectivity index (χ0n) is 16.1. The SMILES string of the molecule is COc1ccc(OC)c(CNc2ncnc3c2ncn3C2C[C@H](O)[C@@H](CO)O2)c1. The number of aliphatic hydroxyl groups is 2. The first kappa shape index (κ1) is 19.4. The standard InChI is InChI=1S/C19H23N5O5/c1-27-12-3-4-14(28-2)11(5-12)7-20-18-17-19(22-9-21-18)24(10-23-17)16-6-13(26)15(8-25)29-16/h3-5,9-10,13,15-16,25-26H,6-8H2,1-2H3,(H,20,21,22)/t13-,15+,16?/m0/s1. The number of nitrogens with one attached hydrogen (secondary N) is 1. The summed E-state index contributed by atoms with van der Waals surface area (Å²) in [4.78, 5) is 13.0. The first-order valence-corrected chi connectivity index (χ1v) is 9.21. The molecular formula is C19H23N5O5. The molecule has 154 valence electrons. The molecule has 10 heteroatoms. The quantitative estimate of drug-likeness (QED) is 0.534. The molecule has 3 N–H and O–H groups in total. The summed E-state index contributed by atoms with van der Waals surface area (Å²) in [5.41, 5.74) is 2.07. The predicted molar refractivity (Wildman–Crippen MR) is 104 cm³/mol. The van der Waals surface area contributed by atoms with Crippen LogP contribution in [0, 0.1) is 0 Å². The molecule has 0 saturated carbocycles. The third kappa shape index (κ3) is 3.69. The summed E-state index contributed by atoms with van der Waals surface area (Å²) in [5.74, 6) is 2.03. The summed E-state index contributed by atoms with van der Waals surface area (Å²) in [7, 11) is 3.23. The number of hydrogen-bond donors (Lipinski definition) is 3. The van der Waals surface area contributed by atoms with E-state index in [-0.39, 0.29) is 6.61 Å². The lowest BCUT2D eigenvalue weighted by Crippen LogP contribution is -2.24. The summed E-state index contributed by atoms with van der Waals surface area (Å²) in [5, 5.41) is 22.6. The van der Waals surface area contributed by atoms with Gasteiger partial charge in [-0.15, -0.1) is 0 Å². The fraction of sp³-hybridized carbons (Fsp3) is 0.421. The molecule has 1 fully saturated rings. The van der Waals surface area contributed by atoms with Crippen LogP contribution in [0.1, 0.15) is 18.2 Å². The summed E-state index contributed by atoms with van der Waals surface area (Å²) < 4.78 is 18.2. The number of aliphatic hydroxyl groups excluding tert-OH is 2. The second-order valence-corrected chi connectivity index (χ2v) is 6.69. The maximum atomic E-state index is 10.0. The van der Waals surface area contributed by atoms with Gasteiger partial charge in [-0.3, -0.25) is 4.57 Å². The van der Waals surface area contributed by atoms with Crippen molar-refractivity contribution in [2.24, 2.45) is 0 Å². The zero-order chi connectivity index (χ0) is 20.4. The molecule has 3 atom stereocenters. The number of benzene rings is 1. The lowest BCUT2D eigenvalue weighted by atomic mass is 10.2. The van der Waals surface area contributed by atoms with Gasteiger partial charge in [-0.25, -0.2) is 15.0 Å². The molecule has 0 bridgehead atoms. The molecule has 0 spiro atoms. The molecule has 3 aromatic rings. The maximum Gasteiger partial charge on any atom is 0.167 e. The van der Waals surface area contributed by atoms with Crippen molar-refractivity contribution in [2.45, 2.75) is 31.4 Å². The molecule has 1 aliphatic rings. The number of imidazole rings is 1. The van der Waals surface area contributed by atoms with Gasteiger partial charge in [0, 0.05) is 18.5 Å². The Morgan fingerprint density at radius 1 is 1.24 bits per heavy atom. The van der Waals surface area contributed by atoms with E-state index in [4.69, 9.17) is 14.2 Å². The van der Waals surface area contributed by atoms with E-state index in [2.05, 4.69) is 20.3 Å². The summed E-state index contributed by atoms with van der Waals surface area (Å²) in [6.45, 7) is 0.207. The van der Waals surface area contributed by atoms with Crippen molar-refractivity contribution in [3.05, 3.63) is 36.4 Å². The third-order valence-corrected chi connectivity index (χ3v) is 4.99. The topological polar surface area (TPSA) is 124 Å². The fourth-order valence-electron chi connectivity index (χ4n) is 3.44. The zero-order valence-corrected chi connectivity index (χ0v) is 16.1. The molecule has 10 nitrogen and oxygen atoms in total. The maximum absolute atomic E-state index is 10.0. The molecule has 1 unspecified atom stereocenters. The Morgan fingerprint density at radius 2 is 2.10 bits per heavy atom. The molecular weight excluding hydrogens is 378 g/mol. The third-order valence-electron chi connectivity index (χ3n) is 4.99. The van der Waals surface area contributed by atoms with E-state index in [1.165, 1.54) is 6.33 Å². The van der Waals surface area contributed by atoms with Gasteiger partial charge in [0.25, 0.3) is 0 Å². The van der Waals surface area contributed by atoms with Gasteiger partial charge in [0.15, 0.2) is 17.0 Å². The highest BCUT2D eigenvalue weighted by molar-refractivity contribution is 5.82. The molecule has 0 amide bonds. The highest BCUT2D eigenvalue weighted by Gasteiger charge is 2.35. The largest absolute Gasteiger partial charge is 0.497 e. The van der Waals surface area contributed by atoms with Crippen LogP contribution in [0.2, 0.25) is 0 Å². The Kier molecular flexibility index (Phi) is 5.47. The first-order valence-electron chi connectivity index (χ1n) is 9.21. The van der Waals surface area contributed by atoms with Crippen LogP contribution in [0.3, 0.4) is 0 Å². The van der Waals surface area contributed by atoms with E-state index in [0.717, 1.165) is 17.1 Å². The minimum Gasteiger partial charge on any atom is -0.497 e. The Labute approximate surface area is 167 Å². The second kappa shape index (κ2) is 8.19. The van der Waals surface area contributed by atoms with Gasteiger partial charge in [0.05, 0.1) is 33.3 Å². The monoisotopic (exact) mass is 401 g/mol. The lowest BCUT2D eigenvalue weighted by molar-refractivity contribution is -0.0432. The van der Waals surface area contributed by atoms with Crippen molar-refractivity contribution in [2.75, 3.05) is 26.1 Å². The molecule has 0 radical (unpaired) electrons. The van der Waals surface area contributed by atoms with Gasteiger partial charge in [0.2, 0.25) is 0 Å². The molecule has 29 heavy (non-hydrogen) atoms. The van der Waals surface area contributed by atoms with E-state index in [1.807, 2.05) is 18.2 Å². The predicted octanol–water partition coefficient (Wildman–Crippen LogP) is 1.10. The lowest BCUT2D eigenvalue weighted by Gasteiger charge is -2.14. The summed E-state index contributed by atoms with van der Waals surface area (Å²) in [6, 6.07) is 5.58. The van der Waals surface area contributed by atoms with Gasteiger partial charge in [-0.2, -0.15) is 0 Å². The van der Waals surface area contributed by atoms with Crippen LogP contribution in [-0.4, -0.2) is 62.8 Å². The van der Waals surface area contributed by atoms with E-state index in [9.17, 15) is 10.2 Å². The van der Waals surface area contributed by atoms with E-state index in [1.54, 1.807) is 25.1 Å². The molecule has 0 aliphatic carbocycles. The van der Waals surface area contributed by atoms with Crippen molar-refractivity contribution in [3.8, 4) is 11.5 Å². The minimum absolute atomic E-state index is 0.242. The van der Waals surface area contributed by atoms with Crippen molar-refractivity contribution in [1.82, 2.24) is 19.5 Å². The van der Waals surface area contributed by atoms with Gasteiger partial charge >= 0.3 is 0 Å². The Hall–Kier alpha value is -2.95. The fourth-order valence-corrected chi connectivity index (χ4v) is 3.44. The summed E-state index contributed by atoms with van der Waals surface area (Å²) in [6.07, 6.45) is 1.60. The number of methoxy groups -OCH3 is 2. The van der Waals surface area contributed by atoms with E-state index >= 15 is 0 Å². The van der Waals surface area contributed by atoms with Crippen molar-refractivity contribution in [1.29, 1.82) is 0 Å². The van der Waals surface area contributed by atoms with Gasteiger partial charge in [-0.05, 0) is 18.2 Å². The molecule has 2 aromatic heterocycles. The van der Waals surface area contributed by atoms with Crippen molar-refractivity contribution < 1.29 is 24.4 Å². The molecule has 3 heterocycles. The van der Waals surface area contributed by atoms with Crippen molar-refractivity contribution >= 4 is 17.0 Å². The molecule has 1 saturated heterocycles. The Morgan fingerprint density at radius 3 is 2.83 bits per heavy atom. The van der Waals surface area contributed by atoms with Crippen molar-refractivity contribution in [3.63, 3.8) is 0 Å². The van der Waals surface area contributed by atoms with Crippen LogP contribution in [0.25, 0.3) is 11.2 Å². The molecule has 1 aromatic carbocycles. The Bertz CT molecular complexity index is 994. The van der Waals surface area contributed by atoms with Crippen LogP contribution in [0.4, 0.5) is 5.82 Å². The minimum atomic E-state index is -0.734. The Balaban J connectivity index is 1.58. The average Bonchev–Trinajstić information content (AvgIpc) is 3.35. The number of fused-ring (bicyclic) bond motifs is 1. The van der Waals surface area contributed by atoms with E-state index < -0.39 is 18.4 Å². The molecule has 1 aliphatic heterocycles. The van der Waals surface area contributed by atoms with Crippen LogP contribution in [-0.2, 0) is 11.3 Å². The number of aromatic nitrogens is 4. The average molecular weight is 401 g/mol. The van der Waals surface area contributed by atoms with Gasteiger partial charge in [0.1, 0.15) is 30.2 Å². The van der Waals surface area contributed by atoms with Crippen LogP contribution in [0.15, 0.2) is 30.9 Å². The van der Waals surface area contributed by atoms with Crippen LogP contribution >= 0.6 is 0 Å². The van der Waals surface area contributed by atoms with Crippen LogP contribution in [0.5, 0.6) is 11.5 Å². The van der Waals surface area contributed by atoms with Crippen LogP contribution < -0.4 is 14.8 Å². The smallest absolute Gasteiger partial charge is 0.167 e. The number of rotatable bonds is 7. The highest BCUT2D eigenvalue weighted by atomic mass is 16.5. The van der Waals surface area contributed by atoms with Gasteiger partial charge < -0.3 is 29.7 Å². The number of ether oxygens (including phenoxy) is 3. The normalized spacial score (nSPS) is 21.4. The second-order valence-electron chi connectivity index (χ2n) is 6.69. The summed E-state index contributed by atoms with van der Waals surface area (Å²) >= 11 is 0. The van der Waals surface area contributed by atoms with E-state index in [0.29, 0.717) is 29.9 Å². The number of anilines is 1. The first-order chi connectivity index (χ1) is 14.1. The number of hydrogen-bond acceptors (Lipinski definition) is 9. The highest BCUT2D eigenvalue weighted by Crippen LogP contribution is 2.32.